The molecule has 1 aliphatic carbocycles. The SMILES string of the molecule is CO[C@H]1C[C@@H]2CC[C@@H](C)[C@@](O)(O2)C(=O)C(=O)N2CCCC[C@H]2C(=O)O[C@H]([C@H](N)C[C@@H]2CC[C@@H](OC(=O)NCCOCCOCCOCCOCCOCCOCCOCCOCCC(=O)NCc3ccc(Cn4nc(-c5ccc6oc(N)nc6c5)c5c(N)ncnc54)cc3)[C@H](OC)C2)C[C@@H](OC)[C@H](C)/C=C(\C)[C@@H](O)[C@@H](O)C(=O)[C@H](C)C[C@H](C)/C=C/C=CC=C1C. The number of alkyl carbamates (subject to hydrolysis) is 1. The van der Waals surface area contributed by atoms with Crippen LogP contribution in [0.3, 0.4) is 0 Å². The minimum Gasteiger partial charge on any atom is -0.459 e. The number of oxazole rings is 1. The Balaban J connectivity index is 0.596. The van der Waals surface area contributed by atoms with Crippen molar-refractivity contribution in [2.24, 2.45) is 35.3 Å². The van der Waals surface area contributed by atoms with Gasteiger partial charge in [0.2, 0.25) is 11.7 Å². The molecule has 5 aromatic rings. The number of piperidine rings is 1. The van der Waals surface area contributed by atoms with E-state index in [0.717, 1.165) is 22.3 Å². The lowest BCUT2D eigenvalue weighted by Gasteiger charge is -2.43. The number of anilines is 2. The third kappa shape index (κ3) is 30.8. The molecule has 2 saturated heterocycles. The summed E-state index contributed by atoms with van der Waals surface area (Å²) < 4.78 is 88.4. The number of esters is 1. The molecular weight excluding hydrogens is 1620 g/mol. The first kappa shape index (κ1) is 100. The molecule has 3 aromatic heterocycles. The highest BCUT2D eigenvalue weighted by Crippen LogP contribution is 2.39. The molecule has 0 unspecified atom stereocenters. The van der Waals surface area contributed by atoms with Crippen LogP contribution in [0.15, 0.2) is 101 Å². The van der Waals surface area contributed by atoms with Crippen LogP contribution in [0.4, 0.5) is 16.6 Å². The third-order valence-corrected chi connectivity index (χ3v) is 23.4. The monoisotopic (exact) mass is 1750 g/mol. The molecule has 1 saturated carbocycles. The van der Waals surface area contributed by atoms with Crippen LogP contribution in [-0.2, 0) is 103 Å². The number of ether oxygens (including phenoxy) is 14. The number of benzene rings is 2. The Morgan fingerprint density at radius 3 is 1.96 bits per heavy atom. The van der Waals surface area contributed by atoms with Crippen molar-refractivity contribution in [3.63, 3.8) is 0 Å². The minimum absolute atomic E-state index is 0.0353. The highest BCUT2D eigenvalue weighted by atomic mass is 16.6. The molecule has 0 spiro atoms. The highest BCUT2D eigenvalue weighted by molar-refractivity contribution is 6.39. The zero-order valence-corrected chi connectivity index (χ0v) is 73.9. The molecule has 692 valence electrons. The number of cyclic esters (lactones) is 1. The average Bonchev–Trinajstić information content (AvgIpc) is 1.38. The molecule has 11 N–H and O–H groups in total. The normalized spacial score (nSPS) is 26.6. The van der Waals surface area contributed by atoms with E-state index >= 15 is 0 Å². The van der Waals surface area contributed by atoms with Gasteiger partial charge in [0.15, 0.2) is 17.0 Å². The molecular formula is C90H133N11O24. The summed E-state index contributed by atoms with van der Waals surface area (Å²) >= 11 is 0. The van der Waals surface area contributed by atoms with Gasteiger partial charge in [-0.25, -0.2) is 24.2 Å². The first-order valence-electron chi connectivity index (χ1n) is 43.7. The molecule has 2 bridgehead atoms. The number of amides is 3. The summed E-state index contributed by atoms with van der Waals surface area (Å²) in [5, 5.41) is 46.1. The summed E-state index contributed by atoms with van der Waals surface area (Å²) in [5.74, 6) is -7.82. The van der Waals surface area contributed by atoms with Crippen LogP contribution in [0.2, 0.25) is 0 Å². The maximum atomic E-state index is 14.8. The van der Waals surface area contributed by atoms with Crippen molar-refractivity contribution in [3.05, 3.63) is 108 Å². The van der Waals surface area contributed by atoms with Gasteiger partial charge in [0.25, 0.3) is 17.7 Å². The van der Waals surface area contributed by atoms with E-state index in [2.05, 4.69) is 25.6 Å². The fourth-order valence-corrected chi connectivity index (χ4v) is 16.1. The maximum absolute atomic E-state index is 14.8. The Morgan fingerprint density at radius 2 is 1.31 bits per heavy atom. The maximum Gasteiger partial charge on any atom is 0.407 e. The Hall–Kier alpha value is -8.60. The number of aliphatic hydroxyl groups excluding tert-OH is 2. The van der Waals surface area contributed by atoms with Crippen LogP contribution < -0.4 is 27.8 Å². The van der Waals surface area contributed by atoms with Gasteiger partial charge >= 0.3 is 12.1 Å². The fraction of sp³-hybridized carbons (Fsp3) is 0.644. The Kier molecular flexibility index (Phi) is 41.7. The lowest BCUT2D eigenvalue weighted by Crippen LogP contribution is -2.61. The molecule has 4 aliphatic rings. The molecule has 3 aliphatic heterocycles. The number of Topliss-reactive ketones (excluding diaryl/α,β-unsaturated/α-hetero) is 2. The number of aromatic nitrogens is 5. The summed E-state index contributed by atoms with van der Waals surface area (Å²) in [4.78, 5) is 97.3. The molecule has 3 amide bonds. The number of methoxy groups -OCH3 is 3. The molecule has 16 atom stereocenters. The number of rotatable bonds is 39. The Morgan fingerprint density at radius 1 is 0.672 bits per heavy atom. The van der Waals surface area contributed by atoms with Crippen molar-refractivity contribution < 1.29 is 115 Å². The highest BCUT2D eigenvalue weighted by Gasteiger charge is 2.53. The molecule has 35 nitrogen and oxygen atoms in total. The van der Waals surface area contributed by atoms with E-state index in [0.29, 0.717) is 203 Å². The number of nitrogens with one attached hydrogen (secondary N) is 2. The Labute approximate surface area is 731 Å². The number of ketones is 2. The van der Waals surface area contributed by atoms with Crippen molar-refractivity contribution in [3.8, 4) is 11.3 Å². The van der Waals surface area contributed by atoms with Crippen molar-refractivity contribution in [2.45, 2.75) is 205 Å². The zero-order chi connectivity index (χ0) is 89.8. The number of nitrogens with zero attached hydrogens (tertiary/aromatic N) is 6. The lowest BCUT2D eigenvalue weighted by atomic mass is 9.80. The van der Waals surface area contributed by atoms with Crippen LogP contribution in [0.5, 0.6) is 0 Å². The van der Waals surface area contributed by atoms with Gasteiger partial charge in [0, 0.05) is 89.6 Å². The van der Waals surface area contributed by atoms with E-state index in [1.807, 2.05) is 87.5 Å². The predicted octanol–water partition coefficient (Wildman–Crippen LogP) is 7.40. The van der Waals surface area contributed by atoms with E-state index in [9.17, 15) is 44.1 Å². The minimum atomic E-state index is -2.48. The van der Waals surface area contributed by atoms with Crippen molar-refractivity contribution >= 4 is 69.4 Å². The van der Waals surface area contributed by atoms with Gasteiger partial charge in [-0.05, 0) is 130 Å². The lowest BCUT2D eigenvalue weighted by molar-refractivity contribution is -0.265. The molecule has 3 fully saturated rings. The topological polar surface area (TPSA) is 467 Å². The van der Waals surface area contributed by atoms with Crippen LogP contribution in [0, 0.1) is 29.6 Å². The number of fused-ring (bicyclic) bond motifs is 5. The summed E-state index contributed by atoms with van der Waals surface area (Å²) in [5.41, 5.74) is 25.5. The van der Waals surface area contributed by atoms with Gasteiger partial charge in [-0.15, -0.1) is 0 Å². The number of allylic oxidation sites excluding steroid dienone is 5. The van der Waals surface area contributed by atoms with Gasteiger partial charge in [-0.3, -0.25) is 19.2 Å². The van der Waals surface area contributed by atoms with Gasteiger partial charge < -0.3 is 119 Å². The number of hydrogen-bond donors (Lipinski definition) is 8. The molecule has 35 heteroatoms. The quantitative estimate of drug-likeness (QED) is 0.00822. The second-order valence-corrected chi connectivity index (χ2v) is 32.7. The number of carbonyl (C=O) groups is 6. The largest absolute Gasteiger partial charge is 0.459 e. The first-order valence-corrected chi connectivity index (χ1v) is 43.7. The summed E-state index contributed by atoms with van der Waals surface area (Å²) in [6, 6.07) is 11.4. The standard InChI is InChI=1S/C90H133N11O24/c1-57-15-11-10-12-16-58(2)73(111-7)52-67-25-18-62(6)90(110,125-67)83(106)86(107)100-30-14-13-17-70(100)87(108)122-75(53-74(112-8)59(3)48-61(5)81(104)82(105)80(103)60(4)47-57)68(91)49-65-23-26-72(76(50-65)113-9)124-89(109)94-29-32-115-34-36-117-38-40-119-42-44-121-46-45-120-43-41-118-39-37-116-35-33-114-31-28-77(102)95-54-63-19-21-64(22-20-63)55-101-85-78(84(92)96-56-97-85)79(99-101)66-24-27-71-69(51-66)98-88(93)123-71/h10-12,15-16,19-22,24,27,48,51,56-57,59-60,62,65,67-68,70,72-76,81-82,104-105,110H,13-14,17-18,23,25-26,28-47,49-50,52-55,91H2,1-9H3,(H2,93,98)(H,94,109)(H,95,102)(H2,92,96,97)/b12-10?,15-11+,58-16?,61-48+/t57-,59-,60-,62-,65+,67+,68-,70+,72-,73+,74-,75+,76-,81-,82+,90-/m1/s1. The van der Waals surface area contributed by atoms with Gasteiger partial charge in [0.1, 0.15) is 53.8 Å². The summed E-state index contributed by atoms with van der Waals surface area (Å²) in [6.07, 6.45) is 9.48. The number of nitrogens with two attached hydrogens (primary N) is 3. The van der Waals surface area contributed by atoms with Crippen LogP contribution in [0.25, 0.3) is 33.4 Å². The zero-order valence-electron chi connectivity index (χ0n) is 73.9. The summed E-state index contributed by atoms with van der Waals surface area (Å²) in [7, 11) is 4.60. The number of aliphatic hydroxyl groups is 3. The van der Waals surface area contributed by atoms with Crippen LogP contribution in [0.1, 0.15) is 136 Å². The Bertz CT molecular complexity index is 4310. The molecule has 6 heterocycles. The van der Waals surface area contributed by atoms with Crippen molar-refractivity contribution in [1.29, 1.82) is 0 Å². The van der Waals surface area contributed by atoms with E-state index in [4.69, 9.17) is 93.0 Å². The second-order valence-electron chi connectivity index (χ2n) is 32.7. The second kappa shape index (κ2) is 52.0. The van der Waals surface area contributed by atoms with E-state index in [1.165, 1.54) is 18.3 Å². The molecule has 125 heavy (non-hydrogen) atoms. The van der Waals surface area contributed by atoms with Gasteiger partial charge in [-0.1, -0.05) is 88.4 Å². The molecule has 9 rings (SSSR count). The number of nitrogen functional groups attached to an aromatic ring is 2. The van der Waals surface area contributed by atoms with Crippen LogP contribution >= 0.6 is 0 Å². The van der Waals surface area contributed by atoms with Gasteiger partial charge in [-0.2, -0.15) is 10.1 Å². The van der Waals surface area contributed by atoms with Crippen molar-refractivity contribution in [2.75, 3.05) is 152 Å². The van der Waals surface area contributed by atoms with Gasteiger partial charge in [0.05, 0.1) is 142 Å². The third-order valence-electron chi connectivity index (χ3n) is 23.4. The van der Waals surface area contributed by atoms with E-state index in [-0.39, 0.29) is 75.7 Å². The molecule has 2 aromatic carbocycles. The molecule has 0 radical (unpaired) electrons. The fourth-order valence-electron chi connectivity index (χ4n) is 16.1. The predicted molar refractivity (Wildman–Crippen MR) is 463 cm³/mol. The number of hydrogen-bond acceptors (Lipinski definition) is 31. The van der Waals surface area contributed by atoms with Crippen molar-refractivity contribution in [1.82, 2.24) is 40.3 Å². The average molecular weight is 1750 g/mol. The first-order chi connectivity index (χ1) is 60.3. The van der Waals surface area contributed by atoms with Crippen LogP contribution in [-0.4, -0.2) is 287 Å². The number of carbonyl (C=O) groups excluding carboxylic acids is 6. The summed E-state index contributed by atoms with van der Waals surface area (Å²) in [6.45, 7) is 17.4. The van der Waals surface area contributed by atoms with E-state index in [1.54, 1.807) is 51.8 Å². The smallest absolute Gasteiger partial charge is 0.407 e. The van der Waals surface area contributed by atoms with E-state index < -0.39 is 114 Å².